The molecule has 2 amide bonds. The monoisotopic (exact) mass is 758 g/mol. The van der Waals surface area contributed by atoms with E-state index in [-0.39, 0.29) is 41.2 Å². The highest BCUT2D eigenvalue weighted by atomic mass is 32.1. The topological polar surface area (TPSA) is 124 Å². The molecular weight excluding hydrogens is 708 g/mol. The molecule has 1 unspecified atom stereocenters. The second-order valence-electron chi connectivity index (χ2n) is 15.3. The van der Waals surface area contributed by atoms with Gasteiger partial charge in [-0.25, -0.2) is 14.3 Å². The molecule has 0 spiro atoms. The Bertz CT molecular complexity index is 1850. The fourth-order valence-corrected chi connectivity index (χ4v) is 8.30. The number of amides is 2. The molecule has 3 N–H and O–H groups in total. The molecule has 12 heteroatoms. The van der Waals surface area contributed by atoms with E-state index in [0.29, 0.717) is 26.1 Å². The van der Waals surface area contributed by atoms with Gasteiger partial charge < -0.3 is 29.9 Å². The molecule has 288 valence electrons. The van der Waals surface area contributed by atoms with Crippen molar-refractivity contribution in [2.24, 2.45) is 0 Å². The van der Waals surface area contributed by atoms with Crippen molar-refractivity contribution in [2.75, 3.05) is 13.1 Å². The second kappa shape index (κ2) is 17.6. The van der Waals surface area contributed by atoms with Crippen LogP contribution in [-0.2, 0) is 29.2 Å². The number of carbonyl (C=O) groups is 2. The lowest BCUT2D eigenvalue weighted by Crippen LogP contribution is -2.56. The summed E-state index contributed by atoms with van der Waals surface area (Å²) in [6.45, 7) is 7.77. The summed E-state index contributed by atoms with van der Waals surface area (Å²) in [5, 5.41) is 29.4. The van der Waals surface area contributed by atoms with Crippen molar-refractivity contribution in [1.29, 1.82) is 0 Å². The van der Waals surface area contributed by atoms with E-state index in [2.05, 4.69) is 10.3 Å². The molecule has 6 atom stereocenters. The van der Waals surface area contributed by atoms with E-state index in [1.54, 1.807) is 9.80 Å². The normalized spacial score (nSPS) is 20.9. The first-order chi connectivity index (χ1) is 25.9. The highest BCUT2D eigenvalue weighted by molar-refractivity contribution is 7.09. The molecule has 2 saturated heterocycles. The predicted octanol–water partition coefficient (Wildman–Crippen LogP) is 6.35. The molecule has 0 radical (unpaired) electrons. The van der Waals surface area contributed by atoms with Crippen LogP contribution in [0.5, 0.6) is 0 Å². The molecule has 1 aromatic heterocycles. The summed E-state index contributed by atoms with van der Waals surface area (Å²) in [6, 6.07) is 22.0. The Hall–Kier alpha value is -4.04. The van der Waals surface area contributed by atoms with Gasteiger partial charge in [0.15, 0.2) is 0 Å². The van der Waals surface area contributed by atoms with Crippen LogP contribution in [0.4, 0.5) is 4.39 Å². The van der Waals surface area contributed by atoms with E-state index in [1.165, 1.54) is 29.5 Å². The summed E-state index contributed by atoms with van der Waals surface area (Å²) in [5.41, 5.74) is 2.63. The molecule has 0 saturated carbocycles. The fraction of sp³-hybridized carbons (Fsp3) is 0.452. The van der Waals surface area contributed by atoms with Crippen LogP contribution in [0.3, 0.4) is 0 Å². The van der Waals surface area contributed by atoms with E-state index >= 15 is 0 Å². The average Bonchev–Trinajstić information content (AvgIpc) is 3.93. The number of nitrogens with one attached hydrogen (secondary N) is 1. The van der Waals surface area contributed by atoms with E-state index in [4.69, 9.17) is 9.47 Å². The van der Waals surface area contributed by atoms with E-state index in [9.17, 15) is 24.2 Å². The Morgan fingerprint density at radius 1 is 1.00 bits per heavy atom. The first-order valence-electron chi connectivity index (χ1n) is 18.6. The highest BCUT2D eigenvalue weighted by Gasteiger charge is 2.44. The number of rotatable bonds is 14. The molecule has 3 aromatic carbocycles. The summed E-state index contributed by atoms with van der Waals surface area (Å²) < 4.78 is 26.5. The van der Waals surface area contributed by atoms with Crippen LogP contribution >= 0.6 is 11.3 Å². The third-order valence-electron chi connectivity index (χ3n) is 9.93. The zero-order chi connectivity index (χ0) is 38.4. The van der Waals surface area contributed by atoms with Crippen molar-refractivity contribution >= 4 is 23.2 Å². The number of aliphatic hydroxyl groups excluding tert-OH is 2. The molecule has 2 fully saturated rings. The quantitative estimate of drug-likeness (QED) is 0.127. The van der Waals surface area contributed by atoms with Gasteiger partial charge in [-0.2, -0.15) is 0 Å². The molecule has 0 bridgehead atoms. The number of thiazole rings is 1. The predicted molar refractivity (Wildman–Crippen MR) is 205 cm³/mol. The van der Waals surface area contributed by atoms with Crippen LogP contribution in [0.1, 0.15) is 94.2 Å². The van der Waals surface area contributed by atoms with Gasteiger partial charge in [0.05, 0.1) is 36.5 Å². The molecule has 4 aromatic rings. The van der Waals surface area contributed by atoms with E-state index < -0.39 is 42.8 Å². The Morgan fingerprint density at radius 2 is 1.69 bits per heavy atom. The van der Waals surface area contributed by atoms with Crippen LogP contribution < -0.4 is 5.32 Å². The SMILES string of the molecule is Cc1csc([C@H]2CCCN2C(=O)c2cc(CF)cc(C(=O)N[C@@H](Cc3ccccc3)[C@H](O)[C@H]3C[C@@H](OCc4ccccc4)CN3C(O)OC(C)(C)C)c2)n1. The largest absolute Gasteiger partial charge is 0.389 e. The number of aromatic nitrogens is 1. The Balaban J connectivity index is 1.26. The molecule has 6 rings (SSSR count). The van der Waals surface area contributed by atoms with Gasteiger partial charge in [-0.05, 0) is 88.3 Å². The van der Waals surface area contributed by atoms with Gasteiger partial charge in [0.2, 0.25) is 6.41 Å². The number of likely N-dealkylation sites (tertiary alicyclic amines) is 2. The summed E-state index contributed by atoms with van der Waals surface area (Å²) >= 11 is 1.52. The number of carbonyl (C=O) groups excluding carboxylic acids is 2. The van der Waals surface area contributed by atoms with E-state index in [1.807, 2.05) is 93.7 Å². The molecule has 3 heterocycles. The van der Waals surface area contributed by atoms with Gasteiger partial charge in [0, 0.05) is 41.3 Å². The van der Waals surface area contributed by atoms with Crippen molar-refractivity contribution in [2.45, 2.75) is 109 Å². The first kappa shape index (κ1) is 39.6. The molecule has 54 heavy (non-hydrogen) atoms. The third-order valence-corrected chi connectivity index (χ3v) is 11.0. The number of aryl methyl sites for hydroxylation is 1. The zero-order valence-electron chi connectivity index (χ0n) is 31.4. The van der Waals surface area contributed by atoms with Gasteiger partial charge >= 0.3 is 0 Å². The maximum Gasteiger partial charge on any atom is 0.254 e. The number of hydrogen-bond donors (Lipinski definition) is 3. The summed E-state index contributed by atoms with van der Waals surface area (Å²) in [6.07, 6.45) is -0.646. The lowest BCUT2D eigenvalue weighted by molar-refractivity contribution is -0.249. The van der Waals surface area contributed by atoms with Crippen molar-refractivity contribution in [3.63, 3.8) is 0 Å². The third kappa shape index (κ3) is 9.98. The van der Waals surface area contributed by atoms with Gasteiger partial charge in [-0.15, -0.1) is 11.3 Å². The van der Waals surface area contributed by atoms with Crippen LogP contribution in [-0.4, -0.2) is 86.2 Å². The van der Waals surface area contributed by atoms with Crippen LogP contribution in [0.15, 0.2) is 84.2 Å². The van der Waals surface area contributed by atoms with E-state index in [0.717, 1.165) is 34.7 Å². The molecule has 0 aliphatic carbocycles. The number of benzene rings is 3. The minimum absolute atomic E-state index is 0.114. The van der Waals surface area contributed by atoms with Crippen molar-refractivity contribution in [3.8, 4) is 0 Å². The minimum atomic E-state index is -1.35. The minimum Gasteiger partial charge on any atom is -0.389 e. The number of alkyl halides is 1. The lowest BCUT2D eigenvalue weighted by Gasteiger charge is -2.37. The number of ether oxygens (including phenoxy) is 2. The van der Waals surface area contributed by atoms with Gasteiger partial charge in [-0.1, -0.05) is 60.7 Å². The number of halogens is 1. The molecular formula is C42H51FN4O6S. The smallest absolute Gasteiger partial charge is 0.254 e. The summed E-state index contributed by atoms with van der Waals surface area (Å²) in [7, 11) is 0. The fourth-order valence-electron chi connectivity index (χ4n) is 7.36. The second-order valence-corrected chi connectivity index (χ2v) is 16.2. The number of nitrogens with zero attached hydrogens (tertiary/aromatic N) is 3. The lowest BCUT2D eigenvalue weighted by atomic mass is 9.94. The van der Waals surface area contributed by atoms with Gasteiger partial charge in [0.1, 0.15) is 11.7 Å². The Kier molecular flexibility index (Phi) is 12.9. The molecule has 2 aliphatic rings. The Labute approximate surface area is 320 Å². The first-order valence-corrected chi connectivity index (χ1v) is 19.5. The van der Waals surface area contributed by atoms with Crippen LogP contribution in [0.2, 0.25) is 0 Å². The average molecular weight is 759 g/mol. The summed E-state index contributed by atoms with van der Waals surface area (Å²) in [4.78, 5) is 36.2. The number of hydrogen-bond acceptors (Lipinski definition) is 9. The standard InChI is InChI=1S/C42H51FN4O6S/c1-27-26-54-39(44-27)35-16-11-17-46(35)40(50)32-19-30(23-43)18-31(21-32)38(49)45-34(20-28-12-7-5-8-13-28)37(48)36-22-33(52-25-29-14-9-6-10-15-29)24-47(36)41(51)53-42(2,3)4/h5-10,12-15,18-19,21,26,33-37,41,48,51H,11,16-17,20,22-25H2,1-4H3,(H,45,49)/t33-,34+,35-,36-,37+,41?/m1/s1. The van der Waals surface area contributed by atoms with Crippen molar-refractivity contribution in [3.05, 3.63) is 123 Å². The zero-order valence-corrected chi connectivity index (χ0v) is 32.2. The van der Waals surface area contributed by atoms with Crippen molar-refractivity contribution in [1.82, 2.24) is 20.1 Å². The van der Waals surface area contributed by atoms with Crippen LogP contribution in [0, 0.1) is 6.92 Å². The maximum absolute atomic E-state index is 14.3. The molecule has 2 aliphatic heterocycles. The highest BCUT2D eigenvalue weighted by Crippen LogP contribution is 2.35. The van der Waals surface area contributed by atoms with Crippen LogP contribution in [0.25, 0.3) is 0 Å². The number of aliphatic hydroxyl groups is 2. The molecule has 10 nitrogen and oxygen atoms in total. The van der Waals surface area contributed by atoms with Gasteiger partial charge in [-0.3, -0.25) is 9.59 Å². The maximum atomic E-state index is 14.3. The summed E-state index contributed by atoms with van der Waals surface area (Å²) in [5.74, 6) is -0.840. The Morgan fingerprint density at radius 3 is 2.33 bits per heavy atom. The van der Waals surface area contributed by atoms with Crippen molar-refractivity contribution < 1.29 is 33.7 Å². The van der Waals surface area contributed by atoms with Gasteiger partial charge in [0.25, 0.3) is 11.8 Å².